The molecule has 2 nitrogen and oxygen atoms in total. The van der Waals surface area contributed by atoms with Crippen molar-refractivity contribution < 1.29 is 0 Å². The van der Waals surface area contributed by atoms with Gasteiger partial charge < -0.3 is 10.2 Å². The van der Waals surface area contributed by atoms with Crippen LogP contribution in [-0.4, -0.2) is 19.1 Å². The zero-order valence-electron chi connectivity index (χ0n) is 13.8. The third-order valence-electron chi connectivity index (χ3n) is 4.01. The molecular weight excluding hydrogens is 324 g/mol. The van der Waals surface area contributed by atoms with Gasteiger partial charge in [0, 0.05) is 29.3 Å². The fourth-order valence-corrected chi connectivity index (χ4v) is 3.05. The van der Waals surface area contributed by atoms with Crippen LogP contribution in [0.15, 0.2) is 22.7 Å². The van der Waals surface area contributed by atoms with Crippen molar-refractivity contribution in [1.29, 1.82) is 0 Å². The van der Waals surface area contributed by atoms with Crippen LogP contribution in [0.3, 0.4) is 0 Å². The molecule has 0 atom stereocenters. The Morgan fingerprint density at radius 3 is 2.48 bits per heavy atom. The summed E-state index contributed by atoms with van der Waals surface area (Å²) in [5, 5.41) is 3.51. The van der Waals surface area contributed by atoms with Gasteiger partial charge in [0.05, 0.1) is 0 Å². The summed E-state index contributed by atoms with van der Waals surface area (Å²) < 4.78 is 1.22. The first-order valence-electron chi connectivity index (χ1n) is 8.23. The van der Waals surface area contributed by atoms with Crippen molar-refractivity contribution in [3.63, 3.8) is 0 Å². The number of rotatable bonds is 8. The summed E-state index contributed by atoms with van der Waals surface area (Å²) in [5.74, 6) is 1.61. The van der Waals surface area contributed by atoms with E-state index in [2.05, 4.69) is 72.0 Å². The SMILES string of the molecule is CC(C)CNCc1ccc(N(CC2CC2)C(C)C)cc1Br. The Bertz CT molecular complexity index is 453. The number of hydrogen-bond acceptors (Lipinski definition) is 2. The van der Waals surface area contributed by atoms with Crippen LogP contribution >= 0.6 is 15.9 Å². The number of benzene rings is 1. The minimum atomic E-state index is 0.558. The lowest BCUT2D eigenvalue weighted by Crippen LogP contribution is -2.32. The van der Waals surface area contributed by atoms with Gasteiger partial charge in [0.25, 0.3) is 0 Å². The summed E-state index contributed by atoms with van der Waals surface area (Å²) in [6.45, 7) is 12.3. The molecule has 2 rings (SSSR count). The fourth-order valence-electron chi connectivity index (χ4n) is 2.55. The highest BCUT2D eigenvalue weighted by molar-refractivity contribution is 9.10. The topological polar surface area (TPSA) is 15.3 Å². The molecule has 0 heterocycles. The quantitative estimate of drug-likeness (QED) is 0.721. The predicted octanol–water partition coefficient (Wildman–Crippen LogP) is 4.82. The van der Waals surface area contributed by atoms with Gasteiger partial charge in [0.2, 0.25) is 0 Å². The van der Waals surface area contributed by atoms with Gasteiger partial charge in [0.15, 0.2) is 0 Å². The molecule has 0 unspecified atom stereocenters. The first kappa shape index (κ1) is 16.8. The lowest BCUT2D eigenvalue weighted by molar-refractivity contribution is 0.551. The van der Waals surface area contributed by atoms with E-state index in [-0.39, 0.29) is 0 Å². The molecule has 1 saturated carbocycles. The number of nitrogens with zero attached hydrogens (tertiary/aromatic N) is 1. The summed E-state index contributed by atoms with van der Waals surface area (Å²) in [4.78, 5) is 2.54. The van der Waals surface area contributed by atoms with Crippen LogP contribution in [0, 0.1) is 11.8 Å². The lowest BCUT2D eigenvalue weighted by Gasteiger charge is -2.29. The molecule has 0 spiro atoms. The van der Waals surface area contributed by atoms with E-state index in [9.17, 15) is 0 Å². The van der Waals surface area contributed by atoms with Crippen LogP contribution in [0.5, 0.6) is 0 Å². The maximum Gasteiger partial charge on any atom is 0.0380 e. The van der Waals surface area contributed by atoms with E-state index in [4.69, 9.17) is 0 Å². The Hall–Kier alpha value is -0.540. The average Bonchev–Trinajstić information content (AvgIpc) is 3.21. The Kier molecular flexibility index (Phi) is 6.12. The van der Waals surface area contributed by atoms with Gasteiger partial charge in [-0.2, -0.15) is 0 Å². The van der Waals surface area contributed by atoms with Crippen LogP contribution in [0.2, 0.25) is 0 Å². The molecule has 1 aliphatic rings. The molecule has 1 aliphatic carbocycles. The standard InChI is InChI=1S/C18H29BrN2/c1-13(2)10-20-11-16-7-8-17(9-18(16)19)21(14(3)4)12-15-5-6-15/h7-9,13-15,20H,5-6,10-12H2,1-4H3. The number of halogens is 1. The minimum Gasteiger partial charge on any atom is -0.369 e. The van der Waals surface area contributed by atoms with Gasteiger partial charge in [-0.15, -0.1) is 0 Å². The molecule has 0 radical (unpaired) electrons. The largest absolute Gasteiger partial charge is 0.369 e. The third kappa shape index (κ3) is 5.30. The Morgan fingerprint density at radius 2 is 1.95 bits per heavy atom. The zero-order chi connectivity index (χ0) is 15.4. The van der Waals surface area contributed by atoms with Gasteiger partial charge in [-0.25, -0.2) is 0 Å². The van der Waals surface area contributed by atoms with E-state index in [0.29, 0.717) is 12.0 Å². The van der Waals surface area contributed by atoms with Gasteiger partial charge in [0.1, 0.15) is 0 Å². The second kappa shape index (κ2) is 7.64. The Morgan fingerprint density at radius 1 is 1.24 bits per heavy atom. The smallest absolute Gasteiger partial charge is 0.0380 e. The minimum absolute atomic E-state index is 0.558. The van der Waals surface area contributed by atoms with Crippen molar-refractivity contribution >= 4 is 21.6 Å². The summed E-state index contributed by atoms with van der Waals surface area (Å²) in [5.41, 5.74) is 2.69. The van der Waals surface area contributed by atoms with Gasteiger partial charge in [-0.05, 0) is 62.8 Å². The van der Waals surface area contributed by atoms with Crippen molar-refractivity contribution in [2.45, 2.75) is 53.1 Å². The molecule has 0 aromatic heterocycles. The van der Waals surface area contributed by atoms with Crippen LogP contribution in [0.4, 0.5) is 5.69 Å². The predicted molar refractivity (Wildman–Crippen MR) is 95.9 cm³/mol. The van der Waals surface area contributed by atoms with E-state index in [1.54, 1.807) is 0 Å². The first-order valence-corrected chi connectivity index (χ1v) is 9.02. The average molecular weight is 353 g/mol. The molecule has 3 heteroatoms. The second-order valence-electron chi connectivity index (χ2n) is 6.99. The molecule has 0 aliphatic heterocycles. The van der Waals surface area contributed by atoms with Crippen LogP contribution in [0.1, 0.15) is 46.1 Å². The molecule has 1 fully saturated rings. The highest BCUT2D eigenvalue weighted by Crippen LogP contribution is 2.33. The van der Waals surface area contributed by atoms with Crippen molar-refractivity contribution in [3.8, 4) is 0 Å². The molecule has 0 saturated heterocycles. The Balaban J connectivity index is 2.02. The highest BCUT2D eigenvalue weighted by Gasteiger charge is 2.25. The molecule has 1 aromatic carbocycles. The Labute approximate surface area is 138 Å². The van der Waals surface area contributed by atoms with Gasteiger partial charge in [-0.1, -0.05) is 35.8 Å². The summed E-state index contributed by atoms with van der Waals surface area (Å²) in [6.07, 6.45) is 2.81. The lowest BCUT2D eigenvalue weighted by atomic mass is 10.1. The van der Waals surface area contributed by atoms with Crippen LogP contribution in [0.25, 0.3) is 0 Å². The third-order valence-corrected chi connectivity index (χ3v) is 4.75. The summed E-state index contributed by atoms with van der Waals surface area (Å²) in [6, 6.07) is 7.38. The van der Waals surface area contributed by atoms with E-state index >= 15 is 0 Å². The van der Waals surface area contributed by atoms with E-state index in [1.807, 2.05) is 0 Å². The van der Waals surface area contributed by atoms with Gasteiger partial charge in [-0.3, -0.25) is 0 Å². The first-order chi connectivity index (χ1) is 9.97. The molecule has 0 bridgehead atoms. The maximum absolute atomic E-state index is 3.75. The molecule has 118 valence electrons. The van der Waals surface area contributed by atoms with Crippen LogP contribution in [-0.2, 0) is 6.54 Å². The number of anilines is 1. The van der Waals surface area contributed by atoms with E-state index in [0.717, 1.165) is 19.0 Å². The molecule has 1 N–H and O–H groups in total. The highest BCUT2D eigenvalue weighted by atomic mass is 79.9. The van der Waals surface area contributed by atoms with Crippen molar-refractivity contribution in [2.24, 2.45) is 11.8 Å². The van der Waals surface area contributed by atoms with E-state index < -0.39 is 0 Å². The fraction of sp³-hybridized carbons (Fsp3) is 0.667. The van der Waals surface area contributed by atoms with Crippen molar-refractivity contribution in [1.82, 2.24) is 5.32 Å². The maximum atomic E-state index is 3.75. The molecule has 21 heavy (non-hydrogen) atoms. The number of hydrogen-bond donors (Lipinski definition) is 1. The van der Waals surface area contributed by atoms with Crippen molar-refractivity contribution in [3.05, 3.63) is 28.2 Å². The van der Waals surface area contributed by atoms with Gasteiger partial charge >= 0.3 is 0 Å². The zero-order valence-corrected chi connectivity index (χ0v) is 15.4. The van der Waals surface area contributed by atoms with E-state index in [1.165, 1.54) is 35.1 Å². The summed E-state index contributed by atoms with van der Waals surface area (Å²) >= 11 is 3.75. The normalized spacial score (nSPS) is 15.0. The summed E-state index contributed by atoms with van der Waals surface area (Å²) in [7, 11) is 0. The second-order valence-corrected chi connectivity index (χ2v) is 7.84. The monoisotopic (exact) mass is 352 g/mol. The van der Waals surface area contributed by atoms with Crippen molar-refractivity contribution in [2.75, 3.05) is 18.0 Å². The number of nitrogens with one attached hydrogen (secondary N) is 1. The molecule has 0 amide bonds. The molecular formula is C18H29BrN2. The molecule has 1 aromatic rings. The van der Waals surface area contributed by atoms with Crippen LogP contribution < -0.4 is 10.2 Å².